The van der Waals surface area contributed by atoms with Crippen molar-refractivity contribution in [1.29, 1.82) is 0 Å². The zero-order valence-electron chi connectivity index (χ0n) is 15.3. The summed E-state index contributed by atoms with van der Waals surface area (Å²) in [5.74, 6) is 0.283. The molecule has 2 heterocycles. The third-order valence-corrected chi connectivity index (χ3v) is 6.98. The monoisotopic (exact) mass is 516 g/mol. The number of fused-ring (bicyclic) bond motifs is 6. The Morgan fingerprint density at radius 1 is 0.862 bits per heavy atom. The van der Waals surface area contributed by atoms with Crippen LogP contribution in [0.1, 0.15) is 38.2 Å². The van der Waals surface area contributed by atoms with Gasteiger partial charge in [-0.2, -0.15) is 0 Å². The maximum Gasteiger partial charge on any atom is 0.340 e. The van der Waals surface area contributed by atoms with Crippen molar-refractivity contribution in [1.82, 2.24) is 0 Å². The number of benzene rings is 3. The average molecular weight is 518 g/mol. The number of aromatic hydroxyl groups is 2. The first-order valence-corrected chi connectivity index (χ1v) is 10.4. The molecule has 146 valence electrons. The van der Waals surface area contributed by atoms with E-state index in [1.54, 1.807) is 38.1 Å². The zero-order chi connectivity index (χ0) is 20.7. The Kier molecular flexibility index (Phi) is 3.83. The molecule has 0 fully saturated rings. The van der Waals surface area contributed by atoms with E-state index >= 15 is 0 Å². The SMILES string of the molecule is Cc1cc2c(c(Br)c1O)Oc1c(cc(C)c(O)c1Br)C21OC(=O)c2ccccc21. The second-order valence-electron chi connectivity index (χ2n) is 7.18. The maximum absolute atomic E-state index is 12.8. The van der Waals surface area contributed by atoms with Crippen molar-refractivity contribution in [2.24, 2.45) is 0 Å². The summed E-state index contributed by atoms with van der Waals surface area (Å²) in [6, 6.07) is 10.8. The smallest absolute Gasteiger partial charge is 0.340 e. The molecule has 7 heteroatoms. The predicted molar refractivity (Wildman–Crippen MR) is 113 cm³/mol. The second kappa shape index (κ2) is 6.00. The molecule has 29 heavy (non-hydrogen) atoms. The van der Waals surface area contributed by atoms with Crippen molar-refractivity contribution in [2.45, 2.75) is 19.4 Å². The molecule has 1 spiro atoms. The molecule has 0 saturated heterocycles. The normalized spacial score (nSPS) is 15.4. The van der Waals surface area contributed by atoms with Crippen LogP contribution in [-0.2, 0) is 10.3 Å². The number of hydrogen-bond donors (Lipinski definition) is 2. The van der Waals surface area contributed by atoms with Gasteiger partial charge in [0.25, 0.3) is 0 Å². The molecule has 0 bridgehead atoms. The Morgan fingerprint density at radius 3 is 1.93 bits per heavy atom. The van der Waals surface area contributed by atoms with Crippen LogP contribution < -0.4 is 4.74 Å². The quantitative estimate of drug-likeness (QED) is 0.368. The highest BCUT2D eigenvalue weighted by Gasteiger charge is 2.55. The lowest BCUT2D eigenvalue weighted by Crippen LogP contribution is -2.33. The molecule has 2 N–H and O–H groups in total. The summed E-state index contributed by atoms with van der Waals surface area (Å²) in [5.41, 5.74) is 2.30. The Bertz CT molecular complexity index is 1190. The van der Waals surface area contributed by atoms with Crippen LogP contribution in [0.5, 0.6) is 23.0 Å². The van der Waals surface area contributed by atoms with E-state index in [9.17, 15) is 15.0 Å². The van der Waals surface area contributed by atoms with Crippen LogP contribution in [-0.4, -0.2) is 16.2 Å². The molecule has 5 nitrogen and oxygen atoms in total. The highest BCUT2D eigenvalue weighted by atomic mass is 79.9. The van der Waals surface area contributed by atoms with Gasteiger partial charge in [0.15, 0.2) is 17.1 Å². The third kappa shape index (κ3) is 2.23. The summed E-state index contributed by atoms with van der Waals surface area (Å²) in [7, 11) is 0. The molecule has 0 atom stereocenters. The summed E-state index contributed by atoms with van der Waals surface area (Å²) in [6.45, 7) is 3.54. The van der Waals surface area contributed by atoms with Gasteiger partial charge >= 0.3 is 5.97 Å². The standard InChI is InChI=1S/C22H14Br2O5/c1-9-7-13-19(15(23)17(9)25)28-20-14(8-10(2)18(26)16(20)24)22(13)12-6-4-3-5-11(12)21(27)29-22/h3-8,25-26H,1-2H3. The molecule has 0 amide bonds. The van der Waals surface area contributed by atoms with Gasteiger partial charge in [0.1, 0.15) is 20.4 Å². The fourth-order valence-corrected chi connectivity index (χ4v) is 5.30. The molecule has 0 aromatic heterocycles. The number of ether oxygens (including phenoxy) is 2. The first-order valence-electron chi connectivity index (χ1n) is 8.83. The van der Waals surface area contributed by atoms with Gasteiger partial charge in [-0.15, -0.1) is 0 Å². The molecular weight excluding hydrogens is 504 g/mol. The molecule has 2 aliphatic heterocycles. The van der Waals surface area contributed by atoms with Crippen LogP contribution in [0.4, 0.5) is 0 Å². The number of aryl methyl sites for hydroxylation is 2. The Morgan fingerprint density at radius 2 is 1.38 bits per heavy atom. The van der Waals surface area contributed by atoms with Gasteiger partial charge in [-0.3, -0.25) is 0 Å². The van der Waals surface area contributed by atoms with E-state index in [0.717, 1.165) is 0 Å². The number of carbonyl (C=O) groups excluding carboxylic acids is 1. The molecule has 5 rings (SSSR count). The van der Waals surface area contributed by atoms with E-state index < -0.39 is 11.6 Å². The van der Waals surface area contributed by atoms with Crippen LogP contribution in [0.25, 0.3) is 0 Å². The highest BCUT2D eigenvalue weighted by Crippen LogP contribution is 2.61. The lowest BCUT2D eigenvalue weighted by molar-refractivity contribution is 0.0222. The summed E-state index contributed by atoms with van der Waals surface area (Å²) >= 11 is 6.84. The molecule has 2 aliphatic rings. The number of carbonyl (C=O) groups is 1. The van der Waals surface area contributed by atoms with Crippen LogP contribution in [0.3, 0.4) is 0 Å². The summed E-state index contributed by atoms with van der Waals surface area (Å²) in [5, 5.41) is 20.9. The van der Waals surface area contributed by atoms with Gasteiger partial charge in [0.2, 0.25) is 0 Å². The molecule has 0 unspecified atom stereocenters. The Labute approximate surface area is 183 Å². The third-order valence-electron chi connectivity index (χ3n) is 5.51. The Balaban J connectivity index is 1.99. The number of phenolic OH excluding ortho intramolecular Hbond substituents is 2. The topological polar surface area (TPSA) is 76.0 Å². The van der Waals surface area contributed by atoms with Crippen LogP contribution >= 0.6 is 31.9 Å². The molecule has 3 aromatic carbocycles. The van der Waals surface area contributed by atoms with Gasteiger partial charge < -0.3 is 19.7 Å². The van der Waals surface area contributed by atoms with Gasteiger partial charge in [0.05, 0.1) is 5.56 Å². The van der Waals surface area contributed by atoms with Crippen LogP contribution in [0.2, 0.25) is 0 Å². The number of halogens is 2. The molecule has 0 aliphatic carbocycles. The molecular formula is C22H14Br2O5. The maximum atomic E-state index is 12.8. The Hall–Kier alpha value is -2.51. The molecule has 0 saturated carbocycles. The lowest BCUT2D eigenvalue weighted by atomic mass is 9.76. The van der Waals surface area contributed by atoms with Gasteiger partial charge in [-0.05, 0) is 75.0 Å². The van der Waals surface area contributed by atoms with Crippen molar-refractivity contribution in [3.63, 3.8) is 0 Å². The average Bonchev–Trinajstić information content (AvgIpc) is 3.00. The van der Waals surface area contributed by atoms with Gasteiger partial charge in [-0.1, -0.05) is 18.2 Å². The molecule has 0 radical (unpaired) electrons. The van der Waals surface area contributed by atoms with Gasteiger partial charge in [-0.25, -0.2) is 4.79 Å². The van der Waals surface area contributed by atoms with Crippen LogP contribution in [0, 0.1) is 13.8 Å². The summed E-state index contributed by atoms with van der Waals surface area (Å²) in [6.07, 6.45) is 0. The van der Waals surface area contributed by atoms with E-state index in [0.29, 0.717) is 53.8 Å². The fourth-order valence-electron chi connectivity index (χ4n) is 4.09. The minimum Gasteiger partial charge on any atom is -0.506 e. The summed E-state index contributed by atoms with van der Waals surface area (Å²) < 4.78 is 12.9. The van der Waals surface area contributed by atoms with E-state index in [4.69, 9.17) is 9.47 Å². The molecule has 3 aromatic rings. The van der Waals surface area contributed by atoms with Crippen molar-refractivity contribution < 1.29 is 24.5 Å². The minimum absolute atomic E-state index is 0.0346. The second-order valence-corrected chi connectivity index (χ2v) is 8.77. The van der Waals surface area contributed by atoms with Crippen molar-refractivity contribution in [3.05, 3.63) is 78.7 Å². The van der Waals surface area contributed by atoms with Crippen LogP contribution in [0.15, 0.2) is 45.3 Å². The fraction of sp³-hybridized carbons (Fsp3) is 0.136. The first kappa shape index (κ1) is 18.5. The van der Waals surface area contributed by atoms with E-state index in [1.807, 2.05) is 12.1 Å². The predicted octanol–water partition coefficient (Wildman–Crippen LogP) is 5.81. The van der Waals surface area contributed by atoms with Gasteiger partial charge in [0, 0.05) is 16.7 Å². The lowest BCUT2D eigenvalue weighted by Gasteiger charge is -2.38. The highest BCUT2D eigenvalue weighted by molar-refractivity contribution is 9.11. The van der Waals surface area contributed by atoms with Crippen molar-refractivity contribution >= 4 is 37.8 Å². The minimum atomic E-state index is -1.27. The van der Waals surface area contributed by atoms with Crippen molar-refractivity contribution in [2.75, 3.05) is 0 Å². The summed E-state index contributed by atoms with van der Waals surface area (Å²) in [4.78, 5) is 12.8. The van der Waals surface area contributed by atoms with E-state index in [2.05, 4.69) is 31.9 Å². The number of phenols is 2. The number of esters is 1. The number of rotatable bonds is 0. The van der Waals surface area contributed by atoms with Crippen molar-refractivity contribution in [3.8, 4) is 23.0 Å². The largest absolute Gasteiger partial charge is 0.506 e. The number of hydrogen-bond acceptors (Lipinski definition) is 5. The van der Waals surface area contributed by atoms with E-state index in [1.165, 1.54) is 0 Å². The first-order chi connectivity index (χ1) is 13.8. The van der Waals surface area contributed by atoms with E-state index in [-0.39, 0.29) is 11.5 Å². The zero-order valence-corrected chi connectivity index (χ0v) is 18.5.